The lowest BCUT2D eigenvalue weighted by molar-refractivity contribution is -0.274. The van der Waals surface area contributed by atoms with Gasteiger partial charge in [0.05, 0.1) is 12.1 Å². The molecule has 0 bridgehead atoms. The fourth-order valence-electron chi connectivity index (χ4n) is 4.52. The molecule has 1 aliphatic rings. The minimum atomic E-state index is -5.02. The van der Waals surface area contributed by atoms with Gasteiger partial charge in [-0.1, -0.05) is 23.8 Å². The molecule has 204 valence electrons. The topological polar surface area (TPSA) is 117 Å². The van der Waals surface area contributed by atoms with E-state index >= 15 is 0 Å². The van der Waals surface area contributed by atoms with Gasteiger partial charge in [0.1, 0.15) is 5.75 Å². The first-order valence-electron chi connectivity index (χ1n) is 12.1. The molecule has 3 aromatic rings. The van der Waals surface area contributed by atoms with Crippen LogP contribution in [0.15, 0.2) is 45.5 Å². The van der Waals surface area contributed by atoms with Gasteiger partial charge in [0, 0.05) is 32.7 Å². The van der Waals surface area contributed by atoms with Crippen molar-refractivity contribution in [1.29, 1.82) is 0 Å². The molecular formula is C25H29F3N6O4. The lowest BCUT2D eigenvalue weighted by atomic mass is 10.1. The molecule has 38 heavy (non-hydrogen) atoms. The Hall–Kier alpha value is -3.87. The third kappa shape index (κ3) is 5.52. The lowest BCUT2D eigenvalue weighted by Gasteiger charge is -2.31. The van der Waals surface area contributed by atoms with Crippen LogP contribution in [0.2, 0.25) is 0 Å². The second-order valence-corrected chi connectivity index (χ2v) is 9.52. The van der Waals surface area contributed by atoms with E-state index in [2.05, 4.69) is 9.72 Å². The molecule has 13 heteroatoms. The quantitative estimate of drug-likeness (QED) is 0.366. The number of Topliss-reactive ketones (excluding diaryl/α,β-unsaturated/α-hetero) is 1. The summed E-state index contributed by atoms with van der Waals surface area (Å²) in [6.45, 7) is 4.50. The second-order valence-electron chi connectivity index (χ2n) is 9.52. The summed E-state index contributed by atoms with van der Waals surface area (Å²) in [4.78, 5) is 46.5. The molecule has 0 spiro atoms. The molecule has 0 aliphatic carbocycles. The number of nitrogens with two attached hydrogens (primary N) is 1. The van der Waals surface area contributed by atoms with Gasteiger partial charge in [-0.15, -0.1) is 13.2 Å². The number of ketones is 1. The van der Waals surface area contributed by atoms with Crippen LogP contribution < -0.4 is 26.6 Å². The van der Waals surface area contributed by atoms with Crippen molar-refractivity contribution in [2.75, 3.05) is 18.0 Å². The maximum Gasteiger partial charge on any atom is 0.573 e. The van der Waals surface area contributed by atoms with Crippen LogP contribution in [0, 0.1) is 0 Å². The van der Waals surface area contributed by atoms with Crippen LogP contribution in [-0.4, -0.2) is 50.0 Å². The van der Waals surface area contributed by atoms with Crippen LogP contribution in [0.1, 0.15) is 37.0 Å². The summed E-state index contributed by atoms with van der Waals surface area (Å²) in [5, 5.41) is 0. The van der Waals surface area contributed by atoms with Gasteiger partial charge in [-0.05, 0) is 38.8 Å². The number of hydrogen-bond acceptors (Lipinski definition) is 7. The van der Waals surface area contributed by atoms with E-state index in [1.807, 2.05) is 24.8 Å². The number of fused-ring (bicyclic) bond motifs is 1. The number of para-hydroxylation sites is 1. The van der Waals surface area contributed by atoms with Crippen LogP contribution in [0.3, 0.4) is 0 Å². The highest BCUT2D eigenvalue weighted by atomic mass is 19.4. The van der Waals surface area contributed by atoms with Crippen molar-refractivity contribution >= 4 is 22.9 Å². The molecule has 1 aromatic carbocycles. The highest BCUT2D eigenvalue weighted by Gasteiger charge is 2.33. The Morgan fingerprint density at radius 1 is 1.21 bits per heavy atom. The average Bonchev–Trinajstić information content (AvgIpc) is 3.23. The number of imidazole rings is 1. The average molecular weight is 535 g/mol. The van der Waals surface area contributed by atoms with Gasteiger partial charge in [0.2, 0.25) is 5.95 Å². The van der Waals surface area contributed by atoms with Crippen LogP contribution >= 0.6 is 0 Å². The standard InChI is InChI=1S/C25H29F3N6O4/c1-15(2)10-12-33-20-21(30-23(33)32-11-6-7-16(29)13-32)31(3)24(37)34(22(20)36)14-18(35)17-8-4-5-9-19(17)38-25(26,27)28/h4-5,8-10,16H,6-7,11-14,29H2,1-3H3. The van der Waals surface area contributed by atoms with Gasteiger partial charge in [-0.3, -0.25) is 18.7 Å². The number of aryl methyl sites for hydroxylation is 1. The van der Waals surface area contributed by atoms with E-state index in [1.54, 1.807) is 4.57 Å². The van der Waals surface area contributed by atoms with Crippen molar-refractivity contribution in [3.05, 3.63) is 62.3 Å². The van der Waals surface area contributed by atoms with Crippen LogP contribution in [-0.2, 0) is 20.1 Å². The molecular weight excluding hydrogens is 505 g/mol. The SMILES string of the molecule is CC(C)=CCn1c(N2CCCC(N)C2)nc2c1c(=O)n(CC(=O)c1ccccc1OC(F)(F)F)c(=O)n2C. The fourth-order valence-corrected chi connectivity index (χ4v) is 4.52. The van der Waals surface area contributed by atoms with Gasteiger partial charge in [0.25, 0.3) is 5.56 Å². The maximum absolute atomic E-state index is 13.7. The summed E-state index contributed by atoms with van der Waals surface area (Å²) in [6, 6.07) is 4.72. The summed E-state index contributed by atoms with van der Waals surface area (Å²) in [6.07, 6.45) is -1.42. The number of nitrogens with zero attached hydrogens (tertiary/aromatic N) is 5. The normalized spacial score (nSPS) is 16.1. The van der Waals surface area contributed by atoms with Gasteiger partial charge < -0.3 is 19.9 Å². The Kier molecular flexibility index (Phi) is 7.49. The van der Waals surface area contributed by atoms with E-state index in [9.17, 15) is 27.6 Å². The Morgan fingerprint density at radius 3 is 2.58 bits per heavy atom. The number of carbonyl (C=O) groups is 1. The summed E-state index contributed by atoms with van der Waals surface area (Å²) in [5.74, 6) is -1.12. The fraction of sp³-hybridized carbons (Fsp3) is 0.440. The first kappa shape index (κ1) is 27.2. The summed E-state index contributed by atoms with van der Waals surface area (Å²) < 4.78 is 46.1. The van der Waals surface area contributed by atoms with Crippen LogP contribution in [0.5, 0.6) is 5.75 Å². The van der Waals surface area contributed by atoms with E-state index in [0.717, 1.165) is 35.1 Å². The minimum Gasteiger partial charge on any atom is -0.405 e. The summed E-state index contributed by atoms with van der Waals surface area (Å²) in [5.41, 5.74) is 5.41. The second kappa shape index (κ2) is 10.5. The number of allylic oxidation sites excluding steroid dienone is 2. The molecule has 1 aliphatic heterocycles. The zero-order valence-corrected chi connectivity index (χ0v) is 21.3. The molecule has 1 fully saturated rings. The first-order chi connectivity index (χ1) is 17.9. The number of alkyl halides is 3. The highest BCUT2D eigenvalue weighted by Crippen LogP contribution is 2.27. The van der Waals surface area contributed by atoms with E-state index in [0.29, 0.717) is 23.6 Å². The molecule has 4 rings (SSSR count). The molecule has 10 nitrogen and oxygen atoms in total. The van der Waals surface area contributed by atoms with Crippen molar-refractivity contribution in [1.82, 2.24) is 18.7 Å². The van der Waals surface area contributed by atoms with Crippen molar-refractivity contribution in [3.8, 4) is 5.75 Å². The molecule has 0 amide bonds. The van der Waals surface area contributed by atoms with Gasteiger partial charge in [-0.25, -0.2) is 4.79 Å². The molecule has 2 aromatic heterocycles. The van der Waals surface area contributed by atoms with Gasteiger partial charge in [0.15, 0.2) is 16.9 Å². The summed E-state index contributed by atoms with van der Waals surface area (Å²) >= 11 is 0. The maximum atomic E-state index is 13.7. The van der Waals surface area contributed by atoms with Crippen molar-refractivity contribution in [2.24, 2.45) is 12.8 Å². The number of aromatic nitrogens is 4. The van der Waals surface area contributed by atoms with E-state index < -0.39 is 41.3 Å². The van der Waals surface area contributed by atoms with Crippen molar-refractivity contribution in [3.63, 3.8) is 0 Å². The Labute approximate surface area is 215 Å². The predicted molar refractivity (Wildman–Crippen MR) is 136 cm³/mol. The largest absolute Gasteiger partial charge is 0.573 e. The molecule has 1 atom stereocenters. The predicted octanol–water partition coefficient (Wildman–Crippen LogP) is 2.57. The molecule has 1 saturated heterocycles. The lowest BCUT2D eigenvalue weighted by Crippen LogP contribution is -2.44. The highest BCUT2D eigenvalue weighted by molar-refractivity contribution is 5.98. The van der Waals surface area contributed by atoms with Crippen molar-refractivity contribution in [2.45, 2.75) is 52.2 Å². The number of benzene rings is 1. The molecule has 2 N–H and O–H groups in total. The zero-order chi connectivity index (χ0) is 27.8. The van der Waals surface area contributed by atoms with E-state index in [1.165, 1.54) is 19.2 Å². The minimum absolute atomic E-state index is 0.0717. The Morgan fingerprint density at radius 2 is 1.92 bits per heavy atom. The number of ether oxygens (including phenoxy) is 1. The number of rotatable bonds is 7. The first-order valence-corrected chi connectivity index (χ1v) is 12.1. The van der Waals surface area contributed by atoms with Gasteiger partial charge >= 0.3 is 12.1 Å². The smallest absolute Gasteiger partial charge is 0.405 e. The van der Waals surface area contributed by atoms with Crippen LogP contribution in [0.25, 0.3) is 11.2 Å². The van der Waals surface area contributed by atoms with E-state index in [-0.39, 0.29) is 23.8 Å². The number of halogens is 3. The molecule has 1 unspecified atom stereocenters. The van der Waals surface area contributed by atoms with E-state index in [4.69, 9.17) is 5.73 Å². The van der Waals surface area contributed by atoms with Gasteiger partial charge in [-0.2, -0.15) is 4.98 Å². The van der Waals surface area contributed by atoms with Crippen LogP contribution in [0.4, 0.5) is 19.1 Å². The molecule has 0 radical (unpaired) electrons. The Bertz CT molecular complexity index is 1510. The monoisotopic (exact) mass is 534 g/mol. The van der Waals surface area contributed by atoms with Crippen molar-refractivity contribution < 1.29 is 22.7 Å². The zero-order valence-electron chi connectivity index (χ0n) is 21.3. The number of piperidine rings is 1. The third-order valence-corrected chi connectivity index (χ3v) is 6.35. The summed E-state index contributed by atoms with van der Waals surface area (Å²) in [7, 11) is 1.43. The molecule has 0 saturated carbocycles. The number of hydrogen-bond donors (Lipinski definition) is 1. The number of anilines is 1. The molecule has 3 heterocycles. The third-order valence-electron chi connectivity index (χ3n) is 6.35. The Balaban J connectivity index is 1.84. The number of carbonyl (C=O) groups excluding carboxylic acids is 1.